The van der Waals surface area contributed by atoms with Gasteiger partial charge in [-0.25, -0.2) is 4.39 Å². The summed E-state index contributed by atoms with van der Waals surface area (Å²) in [6.45, 7) is 10.6. The molecule has 2 heterocycles. The highest BCUT2D eigenvalue weighted by Gasteiger charge is 2.23. The third-order valence-corrected chi connectivity index (χ3v) is 6.04. The van der Waals surface area contributed by atoms with E-state index >= 15 is 0 Å². The molecule has 2 aliphatic rings. The third-order valence-electron chi connectivity index (χ3n) is 6.04. The predicted octanol–water partition coefficient (Wildman–Crippen LogP) is 2.10. The molecule has 0 saturated carbocycles. The molecule has 2 fully saturated rings. The lowest BCUT2D eigenvalue weighted by atomic mass is 9.98. The zero-order valence-corrected chi connectivity index (χ0v) is 17.9. The molecule has 29 heavy (non-hydrogen) atoms. The molecule has 1 aromatic rings. The van der Waals surface area contributed by atoms with Crippen LogP contribution in [0.25, 0.3) is 0 Å². The van der Waals surface area contributed by atoms with Gasteiger partial charge in [0, 0.05) is 39.8 Å². The second kappa shape index (κ2) is 11.5. The molecule has 0 aliphatic carbocycles. The normalized spacial score (nSPS) is 23.0. The Morgan fingerprint density at radius 1 is 1.21 bits per heavy atom. The zero-order valence-electron chi connectivity index (χ0n) is 17.9. The fourth-order valence-electron chi connectivity index (χ4n) is 4.29. The number of nitrogens with one attached hydrogen (secondary N) is 2. The van der Waals surface area contributed by atoms with E-state index in [2.05, 4.69) is 32.3 Å². The van der Waals surface area contributed by atoms with Crippen LogP contribution in [0.1, 0.15) is 31.4 Å². The van der Waals surface area contributed by atoms with Crippen LogP contribution in [0.4, 0.5) is 4.39 Å². The Bertz CT molecular complexity index is 633. The van der Waals surface area contributed by atoms with Gasteiger partial charge in [-0.15, -0.1) is 0 Å². The quantitative estimate of drug-likeness (QED) is 0.538. The molecule has 2 unspecified atom stereocenters. The van der Waals surface area contributed by atoms with Crippen LogP contribution in [-0.2, 0) is 4.74 Å². The van der Waals surface area contributed by atoms with Crippen molar-refractivity contribution in [1.82, 2.24) is 20.4 Å². The van der Waals surface area contributed by atoms with E-state index in [0.29, 0.717) is 5.92 Å². The van der Waals surface area contributed by atoms with Gasteiger partial charge in [0.25, 0.3) is 0 Å². The molecule has 2 aliphatic heterocycles. The summed E-state index contributed by atoms with van der Waals surface area (Å²) in [5, 5.41) is 7.01. The van der Waals surface area contributed by atoms with Crippen molar-refractivity contribution in [2.45, 2.75) is 25.8 Å². The van der Waals surface area contributed by atoms with Crippen LogP contribution in [0.2, 0.25) is 0 Å². The SMILES string of the molecule is CCN1CCCC(CNC(=NC)NCC(c2ccc(F)cc2)N2CCOCC2)C1. The van der Waals surface area contributed by atoms with Crippen LogP contribution in [-0.4, -0.2) is 81.8 Å². The van der Waals surface area contributed by atoms with Crippen LogP contribution >= 0.6 is 0 Å². The fraction of sp³-hybridized carbons (Fsp3) is 0.682. The summed E-state index contributed by atoms with van der Waals surface area (Å²) in [7, 11) is 1.82. The molecule has 2 atom stereocenters. The summed E-state index contributed by atoms with van der Waals surface area (Å²) in [4.78, 5) is 9.34. The molecule has 0 bridgehead atoms. The Kier molecular flexibility index (Phi) is 8.70. The topological polar surface area (TPSA) is 52.1 Å². The molecule has 0 amide bonds. The number of guanidine groups is 1. The van der Waals surface area contributed by atoms with Gasteiger partial charge in [-0.3, -0.25) is 9.89 Å². The number of piperidine rings is 1. The number of aliphatic imine (C=N–C) groups is 1. The third kappa shape index (κ3) is 6.66. The summed E-state index contributed by atoms with van der Waals surface area (Å²) in [5.74, 6) is 1.29. The zero-order chi connectivity index (χ0) is 20.5. The molecule has 162 valence electrons. The number of hydrogen-bond acceptors (Lipinski definition) is 4. The number of benzene rings is 1. The Labute approximate surface area is 174 Å². The Hall–Kier alpha value is -1.70. The van der Waals surface area contributed by atoms with Gasteiger partial charge in [0.15, 0.2) is 5.96 Å². The highest BCUT2D eigenvalue weighted by atomic mass is 19.1. The predicted molar refractivity (Wildman–Crippen MR) is 116 cm³/mol. The van der Waals surface area contributed by atoms with E-state index in [-0.39, 0.29) is 11.9 Å². The van der Waals surface area contributed by atoms with Gasteiger partial charge in [0.1, 0.15) is 5.82 Å². The highest BCUT2D eigenvalue weighted by Crippen LogP contribution is 2.21. The maximum Gasteiger partial charge on any atom is 0.191 e. The number of hydrogen-bond donors (Lipinski definition) is 2. The van der Waals surface area contributed by atoms with E-state index in [0.717, 1.165) is 64.0 Å². The van der Waals surface area contributed by atoms with Gasteiger partial charge in [0.05, 0.1) is 19.3 Å². The molecule has 6 nitrogen and oxygen atoms in total. The van der Waals surface area contributed by atoms with Gasteiger partial charge < -0.3 is 20.3 Å². The van der Waals surface area contributed by atoms with E-state index in [9.17, 15) is 4.39 Å². The van der Waals surface area contributed by atoms with Crippen LogP contribution in [0.3, 0.4) is 0 Å². The summed E-state index contributed by atoms with van der Waals surface area (Å²) in [5.41, 5.74) is 1.11. The monoisotopic (exact) mass is 405 g/mol. The van der Waals surface area contributed by atoms with Crippen molar-refractivity contribution in [2.24, 2.45) is 10.9 Å². The minimum absolute atomic E-state index is 0.156. The van der Waals surface area contributed by atoms with Gasteiger partial charge in [-0.2, -0.15) is 0 Å². The molecule has 1 aromatic carbocycles. The number of rotatable bonds is 7. The number of ether oxygens (including phenoxy) is 1. The second-order valence-electron chi connectivity index (χ2n) is 7.95. The van der Waals surface area contributed by atoms with Crippen LogP contribution in [0.15, 0.2) is 29.3 Å². The van der Waals surface area contributed by atoms with Crippen molar-refractivity contribution in [3.05, 3.63) is 35.6 Å². The molecule has 0 spiro atoms. The molecular weight excluding hydrogens is 369 g/mol. The second-order valence-corrected chi connectivity index (χ2v) is 7.95. The Balaban J connectivity index is 1.56. The molecule has 2 saturated heterocycles. The van der Waals surface area contributed by atoms with Gasteiger partial charge in [0.2, 0.25) is 0 Å². The van der Waals surface area contributed by atoms with E-state index in [4.69, 9.17) is 4.74 Å². The lowest BCUT2D eigenvalue weighted by Gasteiger charge is -2.35. The largest absolute Gasteiger partial charge is 0.379 e. The average Bonchev–Trinajstić information content (AvgIpc) is 2.78. The standard InChI is InChI=1S/C22H36FN5O/c1-3-27-10-4-5-18(17-27)15-25-22(24-2)26-16-21(28-11-13-29-14-12-28)19-6-8-20(23)9-7-19/h6-9,18,21H,3-5,10-17H2,1-2H3,(H2,24,25,26). The molecule has 2 N–H and O–H groups in total. The van der Waals surface area contributed by atoms with E-state index in [1.165, 1.54) is 19.4 Å². The van der Waals surface area contributed by atoms with E-state index in [1.54, 1.807) is 12.1 Å². The summed E-state index contributed by atoms with van der Waals surface area (Å²) in [6, 6.07) is 7.00. The number of likely N-dealkylation sites (tertiary alicyclic amines) is 1. The first kappa shape index (κ1) is 22.0. The average molecular weight is 406 g/mol. The number of halogens is 1. The van der Waals surface area contributed by atoms with Crippen molar-refractivity contribution in [2.75, 3.05) is 66.1 Å². The van der Waals surface area contributed by atoms with Crippen molar-refractivity contribution >= 4 is 5.96 Å². The fourth-order valence-corrected chi connectivity index (χ4v) is 4.29. The van der Waals surface area contributed by atoms with Crippen molar-refractivity contribution in [3.63, 3.8) is 0 Å². The molecule has 7 heteroatoms. The van der Waals surface area contributed by atoms with Crippen molar-refractivity contribution in [3.8, 4) is 0 Å². The van der Waals surface area contributed by atoms with Crippen molar-refractivity contribution < 1.29 is 9.13 Å². The molecule has 3 rings (SSSR count). The maximum atomic E-state index is 13.4. The molecule has 0 radical (unpaired) electrons. The van der Waals surface area contributed by atoms with Crippen LogP contribution in [0, 0.1) is 11.7 Å². The summed E-state index contributed by atoms with van der Waals surface area (Å²) in [6.07, 6.45) is 2.54. The number of morpholine rings is 1. The Morgan fingerprint density at radius 2 is 1.97 bits per heavy atom. The van der Waals surface area contributed by atoms with E-state index in [1.807, 2.05) is 19.2 Å². The van der Waals surface area contributed by atoms with Crippen molar-refractivity contribution in [1.29, 1.82) is 0 Å². The maximum absolute atomic E-state index is 13.4. The number of nitrogens with zero attached hydrogens (tertiary/aromatic N) is 3. The van der Waals surface area contributed by atoms with Gasteiger partial charge in [-0.05, 0) is 49.5 Å². The first-order valence-corrected chi connectivity index (χ1v) is 10.9. The van der Waals surface area contributed by atoms with Gasteiger partial charge in [-0.1, -0.05) is 19.1 Å². The Morgan fingerprint density at radius 3 is 2.66 bits per heavy atom. The lowest BCUT2D eigenvalue weighted by Crippen LogP contribution is -2.48. The molecule has 0 aromatic heterocycles. The minimum atomic E-state index is -0.200. The summed E-state index contributed by atoms with van der Waals surface area (Å²) < 4.78 is 18.9. The smallest absolute Gasteiger partial charge is 0.191 e. The van der Waals surface area contributed by atoms with E-state index < -0.39 is 0 Å². The first-order chi connectivity index (χ1) is 14.2. The minimum Gasteiger partial charge on any atom is -0.379 e. The lowest BCUT2D eigenvalue weighted by molar-refractivity contribution is 0.0170. The van der Waals surface area contributed by atoms with Crippen LogP contribution in [0.5, 0.6) is 0 Å². The summed E-state index contributed by atoms with van der Waals surface area (Å²) >= 11 is 0. The highest BCUT2D eigenvalue weighted by molar-refractivity contribution is 5.79. The van der Waals surface area contributed by atoms with Gasteiger partial charge >= 0.3 is 0 Å². The van der Waals surface area contributed by atoms with Crippen LogP contribution < -0.4 is 10.6 Å². The first-order valence-electron chi connectivity index (χ1n) is 10.9. The molecular formula is C22H36FN5O.